The largest absolute Gasteiger partial charge is 0.311 e. The Balaban J connectivity index is 0.932. The maximum atomic E-state index is 2.41. The van der Waals surface area contributed by atoms with Gasteiger partial charge in [-0.1, -0.05) is 212 Å². The van der Waals surface area contributed by atoms with Crippen LogP contribution in [0.5, 0.6) is 0 Å². The monoisotopic (exact) mass is 902 g/mol. The lowest BCUT2D eigenvalue weighted by Gasteiger charge is -2.39. The van der Waals surface area contributed by atoms with Crippen LogP contribution in [0.3, 0.4) is 0 Å². The Morgan fingerprint density at radius 1 is 0.243 bits per heavy atom. The Kier molecular flexibility index (Phi) is 12.5. The van der Waals surface area contributed by atoms with E-state index in [-0.39, 0.29) is 5.41 Å². The molecule has 10 aromatic rings. The molecule has 2 nitrogen and oxygen atoms in total. The maximum Gasteiger partial charge on any atom is 0.0462 e. The molecule has 0 radical (unpaired) electrons. The van der Waals surface area contributed by atoms with Gasteiger partial charge >= 0.3 is 0 Å². The van der Waals surface area contributed by atoms with Crippen molar-refractivity contribution < 1.29 is 0 Å². The highest BCUT2D eigenvalue weighted by Crippen LogP contribution is 2.47. The van der Waals surface area contributed by atoms with E-state index in [2.05, 4.69) is 278 Å². The van der Waals surface area contributed by atoms with Crippen molar-refractivity contribution in [1.29, 1.82) is 0 Å². The SMILES string of the molecule is Cc1ccc(-c2ccc(N(c3ccc(-c4ccc(C)cc4)cc3)c3ccc(C4(c5ccc(N(c6ccc(-c7ccccc7)cc6)c6ccc(-c7ccccc7)cc6)cc5)CCCCC4)cc3)cc2)cc1. The van der Waals surface area contributed by atoms with Crippen LogP contribution >= 0.6 is 0 Å². The van der Waals surface area contributed by atoms with Crippen LogP contribution in [0.25, 0.3) is 44.5 Å². The normalized spacial score (nSPS) is 13.1. The van der Waals surface area contributed by atoms with Crippen molar-refractivity contribution in [2.24, 2.45) is 0 Å². The average Bonchev–Trinajstić information content (AvgIpc) is 3.43. The molecule has 0 aromatic heterocycles. The minimum absolute atomic E-state index is 0.0784. The Morgan fingerprint density at radius 3 is 0.743 bits per heavy atom. The van der Waals surface area contributed by atoms with Gasteiger partial charge < -0.3 is 9.80 Å². The molecule has 1 fully saturated rings. The van der Waals surface area contributed by atoms with Crippen molar-refractivity contribution in [1.82, 2.24) is 0 Å². The number of nitrogens with zero attached hydrogens (tertiary/aromatic N) is 2. The van der Waals surface area contributed by atoms with Crippen LogP contribution in [-0.2, 0) is 5.41 Å². The van der Waals surface area contributed by atoms with Gasteiger partial charge in [0.2, 0.25) is 0 Å². The van der Waals surface area contributed by atoms with E-state index >= 15 is 0 Å². The maximum absolute atomic E-state index is 2.41. The predicted molar refractivity (Wildman–Crippen MR) is 297 cm³/mol. The molecule has 340 valence electrons. The highest BCUT2D eigenvalue weighted by atomic mass is 15.1. The fraction of sp³-hybridized carbons (Fsp3) is 0.118. The molecule has 1 aliphatic rings. The Labute approximate surface area is 414 Å². The number of hydrogen-bond donors (Lipinski definition) is 0. The fourth-order valence-corrected chi connectivity index (χ4v) is 10.6. The quantitative estimate of drug-likeness (QED) is 0.121. The van der Waals surface area contributed by atoms with Crippen LogP contribution in [0.2, 0.25) is 0 Å². The Morgan fingerprint density at radius 2 is 0.471 bits per heavy atom. The highest BCUT2D eigenvalue weighted by Gasteiger charge is 2.36. The number of aryl methyl sites for hydroxylation is 2. The second-order valence-corrected chi connectivity index (χ2v) is 19.1. The summed E-state index contributed by atoms with van der Waals surface area (Å²) in [7, 11) is 0. The summed E-state index contributed by atoms with van der Waals surface area (Å²) in [5.41, 5.74) is 21.8. The second kappa shape index (κ2) is 19.8. The van der Waals surface area contributed by atoms with E-state index in [9.17, 15) is 0 Å². The van der Waals surface area contributed by atoms with E-state index < -0.39 is 0 Å². The van der Waals surface area contributed by atoms with E-state index in [1.165, 1.54) is 86.0 Å². The van der Waals surface area contributed by atoms with Gasteiger partial charge in [-0.25, -0.2) is 0 Å². The first-order chi connectivity index (χ1) is 34.5. The van der Waals surface area contributed by atoms with Gasteiger partial charge in [0, 0.05) is 39.5 Å². The molecule has 0 bridgehead atoms. The lowest BCUT2D eigenvalue weighted by Crippen LogP contribution is -2.30. The molecule has 11 rings (SSSR count). The van der Waals surface area contributed by atoms with Crippen LogP contribution in [0.4, 0.5) is 34.1 Å². The van der Waals surface area contributed by atoms with Crippen LogP contribution in [0.15, 0.2) is 255 Å². The number of benzene rings is 10. The first kappa shape index (κ1) is 44.3. The van der Waals surface area contributed by atoms with Gasteiger partial charge in [-0.15, -0.1) is 0 Å². The highest BCUT2D eigenvalue weighted by molar-refractivity contribution is 5.82. The van der Waals surface area contributed by atoms with Crippen LogP contribution in [-0.4, -0.2) is 0 Å². The molecule has 1 saturated carbocycles. The van der Waals surface area contributed by atoms with Gasteiger partial charge in [-0.2, -0.15) is 0 Å². The summed E-state index contributed by atoms with van der Waals surface area (Å²) in [6.45, 7) is 4.28. The van der Waals surface area contributed by atoms with Crippen molar-refractivity contribution in [3.8, 4) is 44.5 Å². The van der Waals surface area contributed by atoms with Crippen LogP contribution < -0.4 is 9.80 Å². The third-order valence-electron chi connectivity index (χ3n) is 14.5. The summed E-state index contributed by atoms with van der Waals surface area (Å²) < 4.78 is 0. The molecule has 70 heavy (non-hydrogen) atoms. The third kappa shape index (κ3) is 9.21. The lowest BCUT2D eigenvalue weighted by molar-refractivity contribution is 0.346. The first-order valence-corrected chi connectivity index (χ1v) is 24.9. The molecule has 2 heteroatoms. The molecule has 1 aliphatic carbocycles. The van der Waals surface area contributed by atoms with Crippen molar-refractivity contribution in [3.63, 3.8) is 0 Å². The van der Waals surface area contributed by atoms with Gasteiger partial charge in [0.05, 0.1) is 0 Å². The van der Waals surface area contributed by atoms with Gasteiger partial charge in [-0.3, -0.25) is 0 Å². The van der Waals surface area contributed by atoms with Crippen molar-refractivity contribution >= 4 is 34.1 Å². The lowest BCUT2D eigenvalue weighted by atomic mass is 9.65. The first-order valence-electron chi connectivity index (χ1n) is 24.9. The Bertz CT molecular complexity index is 3090. The molecule has 0 aliphatic heterocycles. The smallest absolute Gasteiger partial charge is 0.0462 e. The summed E-state index contributed by atoms with van der Waals surface area (Å²) in [5, 5.41) is 0. The average molecular weight is 903 g/mol. The molecule has 0 spiro atoms. The Hall–Kier alpha value is -8.20. The molecule has 10 aromatic carbocycles. The number of anilines is 6. The van der Waals surface area contributed by atoms with E-state index in [0.717, 1.165) is 47.0 Å². The number of hydrogen-bond acceptors (Lipinski definition) is 2. The fourth-order valence-electron chi connectivity index (χ4n) is 10.6. The van der Waals surface area contributed by atoms with E-state index in [1.54, 1.807) is 0 Å². The van der Waals surface area contributed by atoms with E-state index in [0.29, 0.717) is 0 Å². The summed E-state index contributed by atoms with van der Waals surface area (Å²) in [6.07, 6.45) is 5.95. The zero-order valence-electron chi connectivity index (χ0n) is 40.2. The molecule has 0 atom stereocenters. The van der Waals surface area contributed by atoms with Gasteiger partial charge in [0.1, 0.15) is 0 Å². The van der Waals surface area contributed by atoms with Crippen molar-refractivity contribution in [2.45, 2.75) is 51.4 Å². The summed E-state index contributed by atoms with van der Waals surface area (Å²) in [6, 6.07) is 94.0. The van der Waals surface area contributed by atoms with Crippen LogP contribution in [0.1, 0.15) is 54.4 Å². The second-order valence-electron chi connectivity index (χ2n) is 19.1. The third-order valence-corrected chi connectivity index (χ3v) is 14.5. The molecule has 0 unspecified atom stereocenters. The van der Waals surface area contributed by atoms with Crippen molar-refractivity contribution in [3.05, 3.63) is 277 Å². The van der Waals surface area contributed by atoms with E-state index in [4.69, 9.17) is 0 Å². The minimum Gasteiger partial charge on any atom is -0.311 e. The van der Waals surface area contributed by atoms with Crippen molar-refractivity contribution in [2.75, 3.05) is 9.80 Å². The standard InChI is InChI=1S/C68H58N2/c1-50-16-20-54(21-17-50)58-28-40-64(41-29-58)70(65-42-30-59(31-43-65)55-22-18-51(2)19-23-55)67-46-34-61(35-47-67)68(48-10-5-11-49-68)60-32-44-66(45-33-60)69(62-36-24-56(25-37-62)52-12-6-3-7-13-52)63-38-26-57(27-39-63)53-14-8-4-9-15-53/h3-4,6-9,12-47H,5,10-11,48-49H2,1-2H3. The zero-order chi connectivity index (χ0) is 47.3. The molecular formula is C68H58N2. The molecule has 0 amide bonds. The van der Waals surface area contributed by atoms with Crippen LogP contribution in [0, 0.1) is 13.8 Å². The van der Waals surface area contributed by atoms with Gasteiger partial charge in [-0.05, 0) is 155 Å². The van der Waals surface area contributed by atoms with Gasteiger partial charge in [0.15, 0.2) is 0 Å². The summed E-state index contributed by atoms with van der Waals surface area (Å²) >= 11 is 0. The molecule has 0 saturated heterocycles. The predicted octanol–water partition coefficient (Wildman–Crippen LogP) is 19.2. The zero-order valence-corrected chi connectivity index (χ0v) is 40.2. The summed E-state index contributed by atoms with van der Waals surface area (Å²) in [5.74, 6) is 0. The minimum atomic E-state index is -0.0784. The van der Waals surface area contributed by atoms with Gasteiger partial charge in [0.25, 0.3) is 0 Å². The molecule has 0 heterocycles. The van der Waals surface area contributed by atoms with E-state index in [1.807, 2.05) is 0 Å². The number of rotatable bonds is 12. The molecule has 0 N–H and O–H groups in total. The molecular weight excluding hydrogens is 845 g/mol. The topological polar surface area (TPSA) is 6.48 Å². The summed E-state index contributed by atoms with van der Waals surface area (Å²) in [4.78, 5) is 4.79.